The van der Waals surface area contributed by atoms with Crippen molar-refractivity contribution in [2.24, 2.45) is 5.73 Å². The van der Waals surface area contributed by atoms with E-state index in [4.69, 9.17) is 28.9 Å². The van der Waals surface area contributed by atoms with Gasteiger partial charge < -0.3 is 5.73 Å². The average molecular weight is 295 g/mol. The summed E-state index contributed by atoms with van der Waals surface area (Å²) in [5.74, 6) is 0. The molecule has 0 saturated carbocycles. The first kappa shape index (κ1) is 13.8. The second-order valence-electron chi connectivity index (χ2n) is 3.16. The maximum atomic E-state index is 6.09. The van der Waals surface area contributed by atoms with Crippen LogP contribution in [0.2, 0.25) is 10.0 Å². The molecule has 16 heavy (non-hydrogen) atoms. The monoisotopic (exact) mass is 293 g/mol. The fourth-order valence-electron chi connectivity index (χ4n) is 1.38. The van der Waals surface area contributed by atoms with Crippen LogP contribution < -0.4 is 5.73 Å². The van der Waals surface area contributed by atoms with Gasteiger partial charge in [0.1, 0.15) is 0 Å². The van der Waals surface area contributed by atoms with E-state index in [0.717, 1.165) is 10.4 Å². The number of nitrogens with two attached hydrogens (primary N) is 1. The Morgan fingerprint density at radius 2 is 1.94 bits per heavy atom. The molecule has 0 spiro atoms. The summed E-state index contributed by atoms with van der Waals surface area (Å²) in [7, 11) is 0. The maximum absolute atomic E-state index is 6.09. The summed E-state index contributed by atoms with van der Waals surface area (Å²) in [5.41, 5.74) is 7.00. The minimum Gasteiger partial charge on any atom is -0.320 e. The van der Waals surface area contributed by atoms with Gasteiger partial charge in [-0.2, -0.15) is 0 Å². The molecular weight excluding hydrogens is 285 g/mol. The minimum absolute atomic E-state index is 0. The molecule has 0 aliphatic rings. The smallest absolute Gasteiger partial charge is 0.0660 e. The molecular formula is C11H10Cl3NS. The van der Waals surface area contributed by atoms with Crippen molar-refractivity contribution in [1.29, 1.82) is 0 Å². The van der Waals surface area contributed by atoms with Gasteiger partial charge in [-0.25, -0.2) is 0 Å². The van der Waals surface area contributed by atoms with E-state index < -0.39 is 0 Å². The van der Waals surface area contributed by atoms with Gasteiger partial charge in [-0.15, -0.1) is 23.7 Å². The first-order chi connectivity index (χ1) is 7.18. The van der Waals surface area contributed by atoms with E-state index in [1.54, 1.807) is 23.5 Å². The highest BCUT2D eigenvalue weighted by molar-refractivity contribution is 7.10. The number of halogens is 3. The van der Waals surface area contributed by atoms with Crippen molar-refractivity contribution in [3.8, 4) is 0 Å². The van der Waals surface area contributed by atoms with Gasteiger partial charge in [0.2, 0.25) is 0 Å². The van der Waals surface area contributed by atoms with Gasteiger partial charge in [0.25, 0.3) is 0 Å². The van der Waals surface area contributed by atoms with Crippen LogP contribution in [0.25, 0.3) is 0 Å². The number of benzene rings is 1. The molecule has 2 aromatic rings. The van der Waals surface area contributed by atoms with Crippen molar-refractivity contribution in [1.82, 2.24) is 0 Å². The first-order valence-electron chi connectivity index (χ1n) is 4.42. The highest BCUT2D eigenvalue weighted by Crippen LogP contribution is 2.30. The fraction of sp³-hybridized carbons (Fsp3) is 0.0909. The molecule has 5 heteroatoms. The van der Waals surface area contributed by atoms with Gasteiger partial charge in [0.15, 0.2) is 0 Å². The van der Waals surface area contributed by atoms with E-state index >= 15 is 0 Å². The van der Waals surface area contributed by atoms with Crippen LogP contribution in [0.3, 0.4) is 0 Å². The molecule has 2 rings (SSSR count). The summed E-state index contributed by atoms with van der Waals surface area (Å²) in [6.07, 6.45) is 0. The van der Waals surface area contributed by atoms with E-state index in [-0.39, 0.29) is 18.4 Å². The van der Waals surface area contributed by atoms with Gasteiger partial charge >= 0.3 is 0 Å². The summed E-state index contributed by atoms with van der Waals surface area (Å²) in [4.78, 5) is 1.10. The molecule has 1 aromatic carbocycles. The van der Waals surface area contributed by atoms with E-state index in [2.05, 4.69) is 0 Å². The third kappa shape index (κ3) is 2.90. The summed E-state index contributed by atoms with van der Waals surface area (Å²) >= 11 is 13.5. The molecule has 0 aliphatic heterocycles. The van der Waals surface area contributed by atoms with Crippen molar-refractivity contribution in [2.45, 2.75) is 6.04 Å². The molecule has 1 heterocycles. The van der Waals surface area contributed by atoms with Crippen molar-refractivity contribution < 1.29 is 0 Å². The van der Waals surface area contributed by atoms with Crippen LogP contribution in [0.4, 0.5) is 0 Å². The Bertz CT molecular complexity index is 456. The van der Waals surface area contributed by atoms with Crippen molar-refractivity contribution in [2.75, 3.05) is 0 Å². The van der Waals surface area contributed by atoms with Crippen molar-refractivity contribution >= 4 is 46.9 Å². The minimum atomic E-state index is -0.172. The van der Waals surface area contributed by atoms with Crippen LogP contribution >= 0.6 is 46.9 Å². The Morgan fingerprint density at radius 3 is 2.50 bits per heavy atom. The molecule has 0 saturated heterocycles. The Labute approximate surface area is 115 Å². The SMILES string of the molecule is Cl.N[C@H](c1cccs1)c1ccc(Cl)cc1Cl. The third-order valence-electron chi connectivity index (χ3n) is 2.15. The molecule has 86 valence electrons. The zero-order valence-electron chi connectivity index (χ0n) is 8.19. The lowest BCUT2D eigenvalue weighted by atomic mass is 10.1. The molecule has 0 unspecified atom stereocenters. The standard InChI is InChI=1S/C11H9Cl2NS.ClH/c12-7-3-4-8(9(13)6-7)11(14)10-2-1-5-15-10;/h1-6,11H,14H2;1H/t11-;/m0./s1. The largest absolute Gasteiger partial charge is 0.320 e. The van der Waals surface area contributed by atoms with Crippen LogP contribution in [-0.4, -0.2) is 0 Å². The molecule has 0 amide bonds. The lowest BCUT2D eigenvalue weighted by Gasteiger charge is -2.11. The Morgan fingerprint density at radius 1 is 1.19 bits per heavy atom. The van der Waals surface area contributed by atoms with Gasteiger partial charge in [-0.1, -0.05) is 35.3 Å². The first-order valence-corrected chi connectivity index (χ1v) is 6.06. The van der Waals surface area contributed by atoms with Crippen molar-refractivity contribution in [3.63, 3.8) is 0 Å². The molecule has 2 N–H and O–H groups in total. The lowest BCUT2D eigenvalue weighted by molar-refractivity contribution is 0.894. The Hall–Kier alpha value is -0.250. The zero-order chi connectivity index (χ0) is 10.8. The maximum Gasteiger partial charge on any atom is 0.0660 e. The highest BCUT2D eigenvalue weighted by Gasteiger charge is 2.13. The van der Waals surface area contributed by atoms with Gasteiger partial charge in [-0.05, 0) is 29.1 Å². The van der Waals surface area contributed by atoms with Crippen LogP contribution in [0.5, 0.6) is 0 Å². The van der Waals surface area contributed by atoms with Crippen molar-refractivity contribution in [3.05, 3.63) is 56.2 Å². The van der Waals surface area contributed by atoms with E-state index in [9.17, 15) is 0 Å². The average Bonchev–Trinajstić information content (AvgIpc) is 2.69. The number of rotatable bonds is 2. The Balaban J connectivity index is 0.00000128. The number of hydrogen-bond acceptors (Lipinski definition) is 2. The third-order valence-corrected chi connectivity index (χ3v) is 3.67. The molecule has 0 radical (unpaired) electrons. The molecule has 0 aliphatic carbocycles. The fourth-order valence-corrected chi connectivity index (χ4v) is 2.65. The summed E-state index contributed by atoms with van der Waals surface area (Å²) in [6, 6.07) is 9.19. The second kappa shape index (κ2) is 5.89. The van der Waals surface area contributed by atoms with Gasteiger partial charge in [0, 0.05) is 14.9 Å². The predicted octanol–water partition coefficient (Wildman–Crippen LogP) is 4.52. The quantitative estimate of drug-likeness (QED) is 0.865. The summed E-state index contributed by atoms with van der Waals surface area (Å²) < 4.78 is 0. The van der Waals surface area contributed by atoms with E-state index in [0.29, 0.717) is 10.0 Å². The zero-order valence-corrected chi connectivity index (χ0v) is 11.3. The summed E-state index contributed by atoms with van der Waals surface area (Å²) in [5, 5.41) is 3.24. The molecule has 1 aromatic heterocycles. The van der Waals surface area contributed by atoms with Gasteiger partial charge in [-0.3, -0.25) is 0 Å². The van der Waals surface area contributed by atoms with Crippen LogP contribution in [0, 0.1) is 0 Å². The molecule has 1 atom stereocenters. The molecule has 0 bridgehead atoms. The summed E-state index contributed by atoms with van der Waals surface area (Å²) in [6.45, 7) is 0. The number of thiophene rings is 1. The molecule has 1 nitrogen and oxygen atoms in total. The topological polar surface area (TPSA) is 26.0 Å². The van der Waals surface area contributed by atoms with E-state index in [1.165, 1.54) is 0 Å². The van der Waals surface area contributed by atoms with Crippen LogP contribution in [0.15, 0.2) is 35.7 Å². The van der Waals surface area contributed by atoms with Crippen LogP contribution in [0.1, 0.15) is 16.5 Å². The van der Waals surface area contributed by atoms with E-state index in [1.807, 2.05) is 23.6 Å². The predicted molar refractivity (Wildman–Crippen MR) is 74.1 cm³/mol. The highest BCUT2D eigenvalue weighted by atomic mass is 35.5. The second-order valence-corrected chi connectivity index (χ2v) is 4.98. The van der Waals surface area contributed by atoms with Crippen LogP contribution in [-0.2, 0) is 0 Å². The Kier molecular flexibility index (Phi) is 5.09. The normalized spacial score (nSPS) is 11.9. The molecule has 0 fully saturated rings. The lowest BCUT2D eigenvalue weighted by Crippen LogP contribution is -2.10. The number of hydrogen-bond donors (Lipinski definition) is 1. The van der Waals surface area contributed by atoms with Gasteiger partial charge in [0.05, 0.1) is 6.04 Å².